The lowest BCUT2D eigenvalue weighted by Crippen LogP contribution is -2.30. The van der Waals surface area contributed by atoms with Crippen molar-refractivity contribution in [1.82, 2.24) is 9.88 Å². The van der Waals surface area contributed by atoms with E-state index in [-0.39, 0.29) is 12.0 Å². The molecule has 1 unspecified atom stereocenters. The first-order valence-electron chi connectivity index (χ1n) is 6.30. The average Bonchev–Trinajstić information content (AvgIpc) is 2.87. The van der Waals surface area contributed by atoms with Gasteiger partial charge in [0, 0.05) is 31.6 Å². The molecule has 2 heterocycles. The molecule has 1 aromatic rings. The molecule has 2 rings (SSSR count). The maximum absolute atomic E-state index is 11.5. The lowest BCUT2D eigenvalue weighted by molar-refractivity contribution is -0.130. The van der Waals surface area contributed by atoms with E-state index in [0.717, 1.165) is 13.0 Å². The molecule has 2 amide bonds. The van der Waals surface area contributed by atoms with Gasteiger partial charge >= 0.3 is 0 Å². The van der Waals surface area contributed by atoms with E-state index in [1.165, 1.54) is 6.20 Å². The third kappa shape index (κ3) is 3.21. The van der Waals surface area contributed by atoms with Crippen LogP contribution in [0.1, 0.15) is 30.1 Å². The number of primary amides is 1. The van der Waals surface area contributed by atoms with Crippen LogP contribution in [0.4, 0.5) is 0 Å². The Hall–Kier alpha value is -2.11. The third-order valence-electron chi connectivity index (χ3n) is 3.11. The minimum atomic E-state index is -0.514. The number of nitrogens with zero attached hydrogens (tertiary/aromatic N) is 2. The first-order chi connectivity index (χ1) is 9.10. The van der Waals surface area contributed by atoms with E-state index in [9.17, 15) is 9.59 Å². The van der Waals surface area contributed by atoms with Gasteiger partial charge in [0.25, 0.3) is 0 Å². The molecule has 0 bridgehead atoms. The topological polar surface area (TPSA) is 85.5 Å². The fourth-order valence-corrected chi connectivity index (χ4v) is 2.04. The Morgan fingerprint density at radius 1 is 1.53 bits per heavy atom. The molecule has 0 spiro atoms. The standard InChI is InChI=1S/C13H17N3O3/c1-2-12(17)16-6-5-10(8-16)19-11-4-3-9(7-15-11)13(14)18/h3-4,7,10H,2,5-6,8H2,1H3,(H2,14,18). The normalized spacial score (nSPS) is 18.4. The Bertz CT molecular complexity index is 473. The summed E-state index contributed by atoms with van der Waals surface area (Å²) >= 11 is 0. The minimum Gasteiger partial charge on any atom is -0.472 e. The number of likely N-dealkylation sites (tertiary alicyclic amines) is 1. The molecule has 0 saturated carbocycles. The molecule has 1 aromatic heterocycles. The van der Waals surface area contributed by atoms with Crippen molar-refractivity contribution in [3.63, 3.8) is 0 Å². The van der Waals surface area contributed by atoms with Crippen molar-refractivity contribution in [2.24, 2.45) is 5.73 Å². The fourth-order valence-electron chi connectivity index (χ4n) is 2.04. The number of rotatable bonds is 4. The minimum absolute atomic E-state index is 0.0394. The van der Waals surface area contributed by atoms with Crippen LogP contribution in [0, 0.1) is 0 Å². The molecule has 6 heteroatoms. The Balaban J connectivity index is 1.92. The van der Waals surface area contributed by atoms with E-state index in [1.54, 1.807) is 17.0 Å². The smallest absolute Gasteiger partial charge is 0.250 e. The molecule has 0 radical (unpaired) electrons. The number of hydrogen-bond donors (Lipinski definition) is 1. The summed E-state index contributed by atoms with van der Waals surface area (Å²) in [4.78, 5) is 28.3. The summed E-state index contributed by atoms with van der Waals surface area (Å²) in [7, 11) is 0. The van der Waals surface area contributed by atoms with Crippen LogP contribution < -0.4 is 10.5 Å². The van der Waals surface area contributed by atoms with Gasteiger partial charge in [-0.25, -0.2) is 4.98 Å². The highest BCUT2D eigenvalue weighted by atomic mass is 16.5. The number of amides is 2. The van der Waals surface area contributed by atoms with Crippen LogP contribution in [0.15, 0.2) is 18.3 Å². The first-order valence-corrected chi connectivity index (χ1v) is 6.30. The van der Waals surface area contributed by atoms with Crippen molar-refractivity contribution in [2.75, 3.05) is 13.1 Å². The quantitative estimate of drug-likeness (QED) is 0.860. The Morgan fingerprint density at radius 3 is 2.89 bits per heavy atom. The van der Waals surface area contributed by atoms with Crippen LogP contribution in [0.2, 0.25) is 0 Å². The van der Waals surface area contributed by atoms with Gasteiger partial charge in [0.15, 0.2) is 0 Å². The second kappa shape index (κ2) is 5.69. The maximum Gasteiger partial charge on any atom is 0.250 e. The number of aromatic nitrogens is 1. The summed E-state index contributed by atoms with van der Waals surface area (Å²) in [6, 6.07) is 3.19. The van der Waals surface area contributed by atoms with Crippen molar-refractivity contribution >= 4 is 11.8 Å². The molecule has 2 N–H and O–H groups in total. The van der Waals surface area contributed by atoms with Gasteiger partial charge in [-0.3, -0.25) is 9.59 Å². The predicted octanol–water partition coefficient (Wildman–Crippen LogP) is 0.570. The maximum atomic E-state index is 11.5. The average molecular weight is 263 g/mol. The summed E-state index contributed by atoms with van der Waals surface area (Å²) in [5.41, 5.74) is 5.48. The van der Waals surface area contributed by atoms with E-state index < -0.39 is 5.91 Å². The Labute approximate surface area is 111 Å². The van der Waals surface area contributed by atoms with E-state index in [2.05, 4.69) is 4.98 Å². The molecule has 1 fully saturated rings. The number of carbonyl (C=O) groups is 2. The molecule has 102 valence electrons. The van der Waals surface area contributed by atoms with E-state index in [0.29, 0.717) is 24.4 Å². The second-order valence-corrected chi connectivity index (χ2v) is 4.47. The van der Waals surface area contributed by atoms with Crippen molar-refractivity contribution in [3.8, 4) is 5.88 Å². The number of pyridine rings is 1. The van der Waals surface area contributed by atoms with Crippen molar-refractivity contribution in [2.45, 2.75) is 25.9 Å². The van der Waals surface area contributed by atoms with Gasteiger partial charge in [0.2, 0.25) is 17.7 Å². The lowest BCUT2D eigenvalue weighted by atomic mass is 10.3. The van der Waals surface area contributed by atoms with Gasteiger partial charge in [-0.05, 0) is 6.07 Å². The molecule has 0 aliphatic carbocycles. The van der Waals surface area contributed by atoms with Crippen LogP contribution in [0.25, 0.3) is 0 Å². The summed E-state index contributed by atoms with van der Waals surface area (Å²) in [5, 5.41) is 0. The third-order valence-corrected chi connectivity index (χ3v) is 3.11. The number of hydrogen-bond acceptors (Lipinski definition) is 4. The van der Waals surface area contributed by atoms with Gasteiger partial charge < -0.3 is 15.4 Å². The van der Waals surface area contributed by atoms with Gasteiger partial charge in [0.1, 0.15) is 6.10 Å². The molecule has 0 aromatic carbocycles. The largest absolute Gasteiger partial charge is 0.472 e. The van der Waals surface area contributed by atoms with Crippen molar-refractivity contribution < 1.29 is 14.3 Å². The molecule has 1 saturated heterocycles. The Morgan fingerprint density at radius 2 is 2.32 bits per heavy atom. The highest BCUT2D eigenvalue weighted by molar-refractivity contribution is 5.92. The molecule has 1 aliphatic rings. The zero-order chi connectivity index (χ0) is 13.8. The van der Waals surface area contributed by atoms with Crippen LogP contribution in [-0.2, 0) is 4.79 Å². The summed E-state index contributed by atoms with van der Waals surface area (Å²) in [6.45, 7) is 3.16. The summed E-state index contributed by atoms with van der Waals surface area (Å²) in [6.07, 6.45) is 2.66. The van der Waals surface area contributed by atoms with E-state index in [1.807, 2.05) is 6.92 Å². The van der Waals surface area contributed by atoms with Gasteiger partial charge in [-0.15, -0.1) is 0 Å². The van der Waals surface area contributed by atoms with Gasteiger partial charge in [-0.1, -0.05) is 6.92 Å². The number of nitrogens with two attached hydrogens (primary N) is 1. The van der Waals surface area contributed by atoms with E-state index in [4.69, 9.17) is 10.5 Å². The van der Waals surface area contributed by atoms with Crippen LogP contribution in [0.3, 0.4) is 0 Å². The van der Waals surface area contributed by atoms with Crippen molar-refractivity contribution in [3.05, 3.63) is 23.9 Å². The number of carbonyl (C=O) groups excluding carboxylic acids is 2. The van der Waals surface area contributed by atoms with Crippen LogP contribution in [0.5, 0.6) is 5.88 Å². The SMILES string of the molecule is CCC(=O)N1CCC(Oc2ccc(C(N)=O)cn2)C1. The summed E-state index contributed by atoms with van der Waals surface area (Å²) in [5.74, 6) is 0.0727. The first kappa shape index (κ1) is 13.3. The highest BCUT2D eigenvalue weighted by Crippen LogP contribution is 2.17. The molecule has 1 aliphatic heterocycles. The zero-order valence-corrected chi connectivity index (χ0v) is 10.8. The molecule has 19 heavy (non-hydrogen) atoms. The lowest BCUT2D eigenvalue weighted by Gasteiger charge is -2.16. The van der Waals surface area contributed by atoms with Crippen LogP contribution >= 0.6 is 0 Å². The molecular formula is C13H17N3O3. The van der Waals surface area contributed by atoms with Crippen LogP contribution in [-0.4, -0.2) is 40.9 Å². The molecular weight excluding hydrogens is 246 g/mol. The Kier molecular flexibility index (Phi) is 3.99. The second-order valence-electron chi connectivity index (χ2n) is 4.47. The molecule has 6 nitrogen and oxygen atoms in total. The monoisotopic (exact) mass is 263 g/mol. The number of ether oxygens (including phenoxy) is 1. The van der Waals surface area contributed by atoms with E-state index >= 15 is 0 Å². The zero-order valence-electron chi connectivity index (χ0n) is 10.8. The predicted molar refractivity (Wildman–Crippen MR) is 68.7 cm³/mol. The van der Waals surface area contributed by atoms with Gasteiger partial charge in [-0.2, -0.15) is 0 Å². The van der Waals surface area contributed by atoms with Gasteiger partial charge in [0.05, 0.1) is 12.1 Å². The van der Waals surface area contributed by atoms with Crippen molar-refractivity contribution in [1.29, 1.82) is 0 Å². The summed E-state index contributed by atoms with van der Waals surface area (Å²) < 4.78 is 5.68. The highest BCUT2D eigenvalue weighted by Gasteiger charge is 2.26. The molecule has 1 atom stereocenters. The fraction of sp³-hybridized carbons (Fsp3) is 0.462.